The number of hydrogen-bond acceptors (Lipinski definition) is 3. The van der Waals surface area contributed by atoms with Crippen molar-refractivity contribution in [2.45, 2.75) is 38.1 Å². The summed E-state index contributed by atoms with van der Waals surface area (Å²) in [5.74, 6) is 1.03. The molecule has 0 unspecified atom stereocenters. The summed E-state index contributed by atoms with van der Waals surface area (Å²) in [5.41, 5.74) is 5.21. The molecule has 4 aromatic carbocycles. The maximum absolute atomic E-state index is 13.3. The Kier molecular flexibility index (Phi) is 7.50. The Morgan fingerprint density at radius 1 is 0.838 bits per heavy atom. The predicted octanol–water partition coefficient (Wildman–Crippen LogP) is 8.76. The van der Waals surface area contributed by atoms with E-state index in [0.717, 1.165) is 61.6 Å². The molecule has 1 aromatic heterocycles. The number of aromatic nitrogens is 1. The van der Waals surface area contributed by atoms with Gasteiger partial charge in [0.2, 0.25) is 0 Å². The monoisotopic (exact) mass is 525 g/mol. The summed E-state index contributed by atoms with van der Waals surface area (Å²) >= 11 is 7.69. The van der Waals surface area contributed by atoms with Gasteiger partial charge in [0.15, 0.2) is 11.6 Å². The number of carbonyl (C=O) groups excluding carboxylic acids is 2. The van der Waals surface area contributed by atoms with Gasteiger partial charge in [-0.15, -0.1) is 11.8 Å². The lowest BCUT2D eigenvalue weighted by Crippen LogP contribution is -2.03. The van der Waals surface area contributed by atoms with E-state index < -0.39 is 0 Å². The molecule has 0 N–H and O–H groups in total. The molecule has 0 aliphatic carbocycles. The molecule has 37 heavy (non-hydrogen) atoms. The summed E-state index contributed by atoms with van der Waals surface area (Å²) in [5, 5.41) is 2.74. The van der Waals surface area contributed by atoms with Gasteiger partial charge in [-0.2, -0.15) is 0 Å². The van der Waals surface area contributed by atoms with Crippen LogP contribution in [0, 0.1) is 6.92 Å². The van der Waals surface area contributed by atoms with Crippen LogP contribution in [0.25, 0.3) is 21.8 Å². The minimum atomic E-state index is 0.0165. The van der Waals surface area contributed by atoms with Crippen LogP contribution in [0.15, 0.2) is 89.8 Å². The Bertz CT molecular complexity index is 1620. The van der Waals surface area contributed by atoms with Crippen molar-refractivity contribution in [3.63, 3.8) is 0 Å². The first-order valence-corrected chi connectivity index (χ1v) is 13.9. The minimum Gasteiger partial charge on any atom is -0.341 e. The Morgan fingerprint density at radius 3 is 2.16 bits per heavy atom. The van der Waals surface area contributed by atoms with Gasteiger partial charge in [-0.1, -0.05) is 35.9 Å². The average molecular weight is 526 g/mol. The summed E-state index contributed by atoms with van der Waals surface area (Å²) in [4.78, 5) is 27.5. The quantitative estimate of drug-likeness (QED) is 0.110. The maximum atomic E-state index is 13.3. The SMILES string of the molecule is CCn1c2ccc(C(=O)CCCSc3ccc(Cl)cc3)cc2c2cc(C(=O)c3ccccc3C)ccc21. The van der Waals surface area contributed by atoms with Crippen molar-refractivity contribution in [2.24, 2.45) is 0 Å². The van der Waals surface area contributed by atoms with Gasteiger partial charge < -0.3 is 4.57 Å². The maximum Gasteiger partial charge on any atom is 0.193 e. The second-order valence-corrected chi connectivity index (χ2v) is 10.8. The third-order valence-electron chi connectivity index (χ3n) is 6.79. The molecule has 0 saturated carbocycles. The van der Waals surface area contributed by atoms with E-state index in [1.165, 1.54) is 0 Å². The number of ketones is 2. The van der Waals surface area contributed by atoms with Crippen molar-refractivity contribution in [1.82, 2.24) is 4.57 Å². The number of hydrogen-bond donors (Lipinski definition) is 0. The lowest BCUT2D eigenvalue weighted by molar-refractivity contribution is 0.0981. The molecule has 0 spiro atoms. The highest BCUT2D eigenvalue weighted by Crippen LogP contribution is 2.32. The summed E-state index contributed by atoms with van der Waals surface area (Å²) in [6.45, 7) is 4.88. The Labute approximate surface area is 226 Å². The van der Waals surface area contributed by atoms with E-state index in [4.69, 9.17) is 11.6 Å². The molecule has 1 heterocycles. The second-order valence-electron chi connectivity index (χ2n) is 9.18. The summed E-state index contributed by atoms with van der Waals surface area (Å²) in [6, 6.07) is 27.3. The highest BCUT2D eigenvalue weighted by Gasteiger charge is 2.17. The largest absolute Gasteiger partial charge is 0.341 e. The molecule has 0 fully saturated rings. The first-order chi connectivity index (χ1) is 18.0. The van der Waals surface area contributed by atoms with Crippen LogP contribution in [0.3, 0.4) is 0 Å². The van der Waals surface area contributed by atoms with Gasteiger partial charge in [-0.05, 0) is 92.2 Å². The molecule has 5 aromatic rings. The molecule has 186 valence electrons. The number of rotatable bonds is 9. The highest BCUT2D eigenvalue weighted by atomic mass is 35.5. The number of carbonyl (C=O) groups is 2. The molecular weight excluding hydrogens is 498 g/mol. The normalized spacial score (nSPS) is 11.3. The van der Waals surface area contributed by atoms with Gasteiger partial charge in [0.25, 0.3) is 0 Å². The third kappa shape index (κ3) is 5.22. The molecule has 0 aliphatic rings. The molecule has 0 aliphatic heterocycles. The summed E-state index contributed by atoms with van der Waals surface area (Å²) in [7, 11) is 0. The van der Waals surface area contributed by atoms with Crippen molar-refractivity contribution >= 4 is 56.7 Å². The van der Waals surface area contributed by atoms with Gasteiger partial charge in [0.05, 0.1) is 0 Å². The lowest BCUT2D eigenvalue weighted by atomic mass is 9.97. The van der Waals surface area contributed by atoms with Crippen molar-refractivity contribution in [3.05, 3.63) is 112 Å². The van der Waals surface area contributed by atoms with Crippen LogP contribution in [0.4, 0.5) is 0 Å². The number of halogens is 1. The smallest absolute Gasteiger partial charge is 0.193 e. The van der Waals surface area contributed by atoms with Crippen LogP contribution in [0.2, 0.25) is 5.02 Å². The lowest BCUT2D eigenvalue weighted by Gasteiger charge is -2.06. The Morgan fingerprint density at radius 2 is 1.49 bits per heavy atom. The fourth-order valence-corrected chi connectivity index (χ4v) is 5.82. The summed E-state index contributed by atoms with van der Waals surface area (Å²) in [6.07, 6.45) is 1.30. The van der Waals surface area contributed by atoms with E-state index in [0.29, 0.717) is 17.5 Å². The molecule has 5 rings (SSSR count). The number of benzene rings is 4. The molecule has 0 saturated heterocycles. The van der Waals surface area contributed by atoms with Crippen LogP contribution < -0.4 is 0 Å². The van der Waals surface area contributed by atoms with Crippen LogP contribution in [0.1, 0.15) is 51.6 Å². The molecule has 0 radical (unpaired) electrons. The number of aryl methyl sites for hydroxylation is 2. The van der Waals surface area contributed by atoms with E-state index >= 15 is 0 Å². The van der Waals surface area contributed by atoms with Crippen LogP contribution >= 0.6 is 23.4 Å². The zero-order valence-electron chi connectivity index (χ0n) is 21.0. The first kappa shape index (κ1) is 25.3. The van der Waals surface area contributed by atoms with Crippen LogP contribution in [-0.2, 0) is 6.54 Å². The number of nitrogens with zero attached hydrogens (tertiary/aromatic N) is 1. The molecule has 3 nitrogen and oxygen atoms in total. The van der Waals surface area contributed by atoms with Gasteiger partial charge >= 0.3 is 0 Å². The number of Topliss-reactive ketones (excluding diaryl/α,β-unsaturated/α-hetero) is 1. The van der Waals surface area contributed by atoms with E-state index in [1.54, 1.807) is 11.8 Å². The molecule has 0 bridgehead atoms. The molecule has 0 atom stereocenters. The van der Waals surface area contributed by atoms with Gasteiger partial charge in [-0.3, -0.25) is 9.59 Å². The number of fused-ring (bicyclic) bond motifs is 3. The average Bonchev–Trinajstić information content (AvgIpc) is 3.24. The molecule has 5 heteroatoms. The topological polar surface area (TPSA) is 39.1 Å². The fourth-order valence-electron chi connectivity index (χ4n) is 4.84. The van der Waals surface area contributed by atoms with Crippen molar-refractivity contribution in [1.29, 1.82) is 0 Å². The van der Waals surface area contributed by atoms with E-state index in [2.05, 4.69) is 11.5 Å². The van der Waals surface area contributed by atoms with Crippen molar-refractivity contribution < 1.29 is 9.59 Å². The first-order valence-electron chi connectivity index (χ1n) is 12.5. The van der Waals surface area contributed by atoms with E-state index in [9.17, 15) is 9.59 Å². The fraction of sp³-hybridized carbons (Fsp3) is 0.188. The summed E-state index contributed by atoms with van der Waals surface area (Å²) < 4.78 is 2.24. The predicted molar refractivity (Wildman–Crippen MR) is 155 cm³/mol. The Balaban J connectivity index is 1.40. The van der Waals surface area contributed by atoms with Gasteiger partial charge in [0.1, 0.15) is 0 Å². The van der Waals surface area contributed by atoms with E-state index in [-0.39, 0.29) is 11.6 Å². The van der Waals surface area contributed by atoms with Gasteiger partial charge in [0, 0.05) is 61.4 Å². The molecule has 0 amide bonds. The zero-order valence-corrected chi connectivity index (χ0v) is 22.5. The highest BCUT2D eigenvalue weighted by molar-refractivity contribution is 7.99. The van der Waals surface area contributed by atoms with Crippen molar-refractivity contribution in [2.75, 3.05) is 5.75 Å². The molecular formula is C32H28ClNO2S. The second kappa shape index (κ2) is 11.0. The van der Waals surface area contributed by atoms with E-state index in [1.807, 2.05) is 91.9 Å². The van der Waals surface area contributed by atoms with Crippen molar-refractivity contribution in [3.8, 4) is 0 Å². The van der Waals surface area contributed by atoms with Gasteiger partial charge in [-0.25, -0.2) is 0 Å². The minimum absolute atomic E-state index is 0.0165. The Hall–Kier alpha value is -3.34. The zero-order chi connectivity index (χ0) is 25.9. The number of thioether (sulfide) groups is 1. The third-order valence-corrected chi connectivity index (χ3v) is 8.14. The van der Waals surface area contributed by atoms with Crippen LogP contribution in [-0.4, -0.2) is 21.9 Å². The van der Waals surface area contributed by atoms with Crippen LogP contribution in [0.5, 0.6) is 0 Å². The standard InChI is InChI=1S/C32H28ClNO2S/c1-3-34-29-16-10-22(31(35)9-6-18-37-25-14-12-24(33)13-15-25)19-27(29)28-20-23(11-17-30(28)34)32(36)26-8-5-4-7-21(26)2/h4-5,7-8,10-17,19-20H,3,6,9,18H2,1-2H3.